The summed E-state index contributed by atoms with van der Waals surface area (Å²) >= 11 is 0. The zero-order valence-electron chi connectivity index (χ0n) is 42.0. The zero-order chi connectivity index (χ0) is 47.7. The molecule has 0 unspecified atom stereocenters. The zero-order valence-corrected chi connectivity index (χ0v) is 44.3. The van der Waals surface area contributed by atoms with E-state index in [0.29, 0.717) is 11.5 Å². The van der Waals surface area contributed by atoms with Crippen molar-refractivity contribution in [3.63, 3.8) is 0 Å². The van der Waals surface area contributed by atoms with Crippen molar-refractivity contribution in [2.24, 2.45) is 0 Å². The summed E-state index contributed by atoms with van der Waals surface area (Å²) in [5, 5.41) is 2.31. The summed E-state index contributed by atoms with van der Waals surface area (Å²) in [6.45, 7) is 31.8. The second-order valence-electron chi connectivity index (χ2n) is 22.4. The minimum Gasteiger partial charge on any atom is -0.509 e. The van der Waals surface area contributed by atoms with E-state index in [1.165, 1.54) is 27.8 Å². The number of benzene rings is 6. The molecular formula is C62H65N4OPt-3. The van der Waals surface area contributed by atoms with Crippen LogP contribution in [0.4, 0.5) is 11.4 Å². The van der Waals surface area contributed by atoms with Gasteiger partial charge in [-0.2, -0.15) is 0 Å². The van der Waals surface area contributed by atoms with E-state index < -0.39 is 0 Å². The van der Waals surface area contributed by atoms with Gasteiger partial charge in [-0.25, -0.2) is 4.98 Å². The smallest absolute Gasteiger partial charge is 0.135 e. The Morgan fingerprint density at radius 2 is 1.13 bits per heavy atom. The number of rotatable bonds is 9. The maximum absolute atomic E-state index is 7.09. The first-order valence-corrected chi connectivity index (χ1v) is 23.7. The number of aromatic nitrogens is 2. The summed E-state index contributed by atoms with van der Waals surface area (Å²) < 4.78 is 9.35. The molecule has 1 aliphatic heterocycles. The van der Waals surface area contributed by atoms with Crippen LogP contribution in [0, 0.1) is 18.8 Å². The fourth-order valence-electron chi connectivity index (χ4n) is 9.44. The van der Waals surface area contributed by atoms with E-state index in [9.17, 15) is 0 Å². The molecule has 9 rings (SSSR count). The van der Waals surface area contributed by atoms with Gasteiger partial charge in [-0.15, -0.1) is 53.8 Å². The Morgan fingerprint density at radius 3 is 1.78 bits per heavy atom. The summed E-state index contributed by atoms with van der Waals surface area (Å²) in [5.41, 5.74) is 11.5. The second kappa shape index (κ2) is 17.9. The van der Waals surface area contributed by atoms with Crippen LogP contribution in [0.2, 0.25) is 0 Å². The molecule has 0 fully saturated rings. The Morgan fingerprint density at radius 1 is 0.529 bits per heavy atom. The van der Waals surface area contributed by atoms with Crippen LogP contribution in [0.1, 0.15) is 123 Å². The van der Waals surface area contributed by atoms with Crippen LogP contribution in [-0.2, 0) is 48.1 Å². The van der Waals surface area contributed by atoms with Gasteiger partial charge in [0.05, 0.1) is 0 Å². The first kappa shape index (κ1) is 48.6. The number of nitrogens with zero attached hydrogens (tertiary/aromatic N) is 4. The number of hydrogen-bond acceptors (Lipinski definition) is 4. The Kier molecular flexibility index (Phi) is 12.8. The Bertz CT molecular complexity index is 3140. The molecular weight excluding hydrogens is 1010 g/mol. The van der Waals surface area contributed by atoms with Crippen molar-refractivity contribution in [2.75, 3.05) is 9.80 Å². The van der Waals surface area contributed by atoms with E-state index >= 15 is 0 Å². The maximum Gasteiger partial charge on any atom is 0.135 e. The van der Waals surface area contributed by atoms with Gasteiger partial charge in [0.2, 0.25) is 0 Å². The molecule has 6 heteroatoms. The summed E-state index contributed by atoms with van der Waals surface area (Å²) in [5.74, 6) is 2.10. The summed E-state index contributed by atoms with van der Waals surface area (Å²) in [6.07, 6.45) is 4.21. The van der Waals surface area contributed by atoms with Gasteiger partial charge in [0, 0.05) is 66.5 Å². The van der Waals surface area contributed by atoms with Crippen LogP contribution < -0.4 is 14.5 Å². The second-order valence-corrected chi connectivity index (χ2v) is 22.4. The molecule has 0 saturated heterocycles. The van der Waals surface area contributed by atoms with Crippen molar-refractivity contribution in [1.82, 2.24) is 9.55 Å². The third kappa shape index (κ3) is 9.19. The predicted octanol–water partition coefficient (Wildman–Crippen LogP) is 16.1. The Labute approximate surface area is 420 Å². The molecule has 0 spiro atoms. The van der Waals surface area contributed by atoms with Crippen molar-refractivity contribution in [2.45, 2.75) is 117 Å². The quantitative estimate of drug-likeness (QED) is 0.135. The van der Waals surface area contributed by atoms with Crippen LogP contribution >= 0.6 is 0 Å². The number of anilines is 2. The van der Waals surface area contributed by atoms with Gasteiger partial charge >= 0.3 is 0 Å². The van der Waals surface area contributed by atoms with Crippen molar-refractivity contribution in [3.05, 3.63) is 210 Å². The van der Waals surface area contributed by atoms with Gasteiger partial charge in [-0.3, -0.25) is 0 Å². The van der Waals surface area contributed by atoms with Gasteiger partial charge in [0.15, 0.2) is 0 Å². The third-order valence-corrected chi connectivity index (χ3v) is 13.7. The van der Waals surface area contributed by atoms with E-state index in [0.717, 1.165) is 50.3 Å². The normalized spacial score (nSPS) is 13.8. The van der Waals surface area contributed by atoms with Gasteiger partial charge in [0.25, 0.3) is 0 Å². The first-order valence-electron chi connectivity index (χ1n) is 23.7. The molecule has 8 aromatic rings. The average Bonchev–Trinajstić information content (AvgIpc) is 3.90. The molecule has 0 amide bonds. The number of hydrogen-bond donors (Lipinski definition) is 0. The molecule has 0 saturated carbocycles. The molecule has 0 bridgehead atoms. The van der Waals surface area contributed by atoms with Crippen molar-refractivity contribution < 1.29 is 25.8 Å². The minimum absolute atomic E-state index is 0. The number of ether oxygens (including phenoxy) is 1. The molecule has 0 atom stereocenters. The Hall–Kier alpha value is -5.90. The van der Waals surface area contributed by atoms with Crippen LogP contribution in [0.25, 0.3) is 27.6 Å². The standard InChI is InChI=1S/C62H65N4O.Pt/c1-58(2,3)44-27-22-28-47(33-44)65-41-64(40-55(65)62(12,13)43-25-18-15-19-26-43)48-34-46(59(4,5)6)35-49(37-48)67-50-38-52(60(7,8)9)57-51-29-20-21-30-53(51)66(54(57)39-50)56-36-45(31-32-63-56)61(10,11)42-23-16-14-17-24-42;/h14-36,38,40-41H,1-13H3;/q-3;. The summed E-state index contributed by atoms with van der Waals surface area (Å²) in [4.78, 5) is 9.62. The predicted molar refractivity (Wildman–Crippen MR) is 281 cm³/mol. The average molecular weight is 1080 g/mol. The number of allylic oxidation sites excluding steroid dienone is 1. The third-order valence-electron chi connectivity index (χ3n) is 13.7. The summed E-state index contributed by atoms with van der Waals surface area (Å²) in [7, 11) is 0. The molecule has 5 nitrogen and oxygen atoms in total. The molecule has 3 heterocycles. The first-order chi connectivity index (χ1) is 31.6. The van der Waals surface area contributed by atoms with Gasteiger partial charge < -0.3 is 19.1 Å². The number of fused-ring (bicyclic) bond motifs is 3. The molecule has 0 radical (unpaired) electrons. The van der Waals surface area contributed by atoms with Crippen LogP contribution in [0.3, 0.4) is 0 Å². The molecule has 352 valence electrons. The summed E-state index contributed by atoms with van der Waals surface area (Å²) in [6, 6.07) is 57.6. The molecule has 6 aromatic carbocycles. The molecule has 0 N–H and O–H groups in total. The monoisotopic (exact) mass is 1080 g/mol. The Balaban J connectivity index is 0.00000625. The van der Waals surface area contributed by atoms with Crippen molar-refractivity contribution in [1.29, 1.82) is 0 Å². The van der Waals surface area contributed by atoms with E-state index in [1.807, 2.05) is 6.20 Å². The van der Waals surface area contributed by atoms with Gasteiger partial charge in [0.1, 0.15) is 5.82 Å². The fraction of sp³-hybridized carbons (Fsp3) is 0.290. The van der Waals surface area contributed by atoms with Crippen molar-refractivity contribution >= 4 is 33.2 Å². The number of pyridine rings is 1. The molecule has 68 heavy (non-hydrogen) atoms. The topological polar surface area (TPSA) is 33.5 Å². The largest absolute Gasteiger partial charge is 0.509 e. The van der Waals surface area contributed by atoms with E-state index in [2.05, 4.69) is 269 Å². The molecule has 0 aliphatic carbocycles. The maximum atomic E-state index is 7.09. The SMILES string of the molecule is CC(C)(C)c1cc(Oc2[c-]c3c(c(C(C)(C)C)c2)c2ccccc2n3-c2cc(C(C)(C)c3ccccc3)ccn2)[c-]c(N2C=C(C(C)(C)c3ccccc3)N(c3cccc(C(C)(C)C)c3)[CH-]2)c1.[Pt]. The van der Waals surface area contributed by atoms with Gasteiger partial charge in [-0.05, 0) is 80.4 Å². The fourth-order valence-corrected chi connectivity index (χ4v) is 9.44. The number of para-hydroxylation sites is 1. The van der Waals surface area contributed by atoms with Gasteiger partial charge in [-0.1, -0.05) is 192 Å². The van der Waals surface area contributed by atoms with Crippen LogP contribution in [-0.4, -0.2) is 9.55 Å². The molecule has 2 aromatic heterocycles. The molecule has 1 aliphatic rings. The van der Waals surface area contributed by atoms with Crippen molar-refractivity contribution in [3.8, 4) is 17.3 Å². The minimum atomic E-state index is -0.330. The van der Waals surface area contributed by atoms with Crippen LogP contribution in [0.5, 0.6) is 11.5 Å². The van der Waals surface area contributed by atoms with E-state index in [1.54, 1.807) is 0 Å². The van der Waals surface area contributed by atoms with E-state index in [4.69, 9.17) is 9.72 Å². The van der Waals surface area contributed by atoms with Crippen LogP contribution in [0.15, 0.2) is 158 Å². The van der Waals surface area contributed by atoms with E-state index in [-0.39, 0.29) is 48.1 Å².